The van der Waals surface area contributed by atoms with E-state index in [4.69, 9.17) is 20.6 Å². The number of hydrogen-bond donors (Lipinski definition) is 5. The van der Waals surface area contributed by atoms with Gasteiger partial charge in [0.25, 0.3) is 0 Å². The maximum atomic E-state index is 11.8. The molecule has 1 fully saturated rings. The number of nitrogens with one attached hydrogen (secondary N) is 3. The first-order valence-corrected chi connectivity index (χ1v) is 9.94. The first kappa shape index (κ1) is 23.1. The van der Waals surface area contributed by atoms with Crippen molar-refractivity contribution in [3.8, 4) is 0 Å². The molecule has 0 bridgehead atoms. The summed E-state index contributed by atoms with van der Waals surface area (Å²) in [6, 6.07) is -1.18. The Morgan fingerprint density at radius 2 is 2.14 bits per heavy atom. The molecule has 0 saturated carbocycles. The molecule has 2 rings (SSSR count). The van der Waals surface area contributed by atoms with Crippen molar-refractivity contribution in [3.63, 3.8) is 0 Å². The van der Waals surface area contributed by atoms with Gasteiger partial charge in [0, 0.05) is 32.6 Å². The van der Waals surface area contributed by atoms with Crippen LogP contribution in [0.3, 0.4) is 0 Å². The molecule has 1 saturated heterocycles. The summed E-state index contributed by atoms with van der Waals surface area (Å²) in [5.74, 6) is -1.14. The summed E-state index contributed by atoms with van der Waals surface area (Å²) in [5, 5.41) is 22.9. The van der Waals surface area contributed by atoms with Crippen LogP contribution in [0.1, 0.15) is 26.2 Å². The van der Waals surface area contributed by atoms with Crippen LogP contribution in [0.15, 0.2) is 11.6 Å². The van der Waals surface area contributed by atoms with Gasteiger partial charge in [0.1, 0.15) is 0 Å². The first-order chi connectivity index (χ1) is 13.8. The molecule has 0 aromatic carbocycles. The zero-order chi connectivity index (χ0) is 21.4. The molecule has 0 unspecified atom stereocenters. The van der Waals surface area contributed by atoms with E-state index in [9.17, 15) is 14.7 Å². The minimum atomic E-state index is -0.997. The van der Waals surface area contributed by atoms with Gasteiger partial charge in [-0.15, -0.1) is 0 Å². The summed E-state index contributed by atoms with van der Waals surface area (Å²) in [4.78, 5) is 25.7. The number of methoxy groups -OCH3 is 1. The number of nitrogens with zero attached hydrogens (tertiary/aromatic N) is 1. The van der Waals surface area contributed by atoms with E-state index in [1.807, 2.05) is 0 Å². The second kappa shape index (κ2) is 11.1. The molecular weight excluding hydrogens is 378 g/mol. The van der Waals surface area contributed by atoms with Gasteiger partial charge in [-0.25, -0.2) is 4.79 Å². The van der Waals surface area contributed by atoms with Gasteiger partial charge in [-0.2, -0.15) is 0 Å². The number of ether oxygens (including phenoxy) is 2. The number of amides is 1. The van der Waals surface area contributed by atoms with Crippen LogP contribution in [0.5, 0.6) is 0 Å². The molecule has 10 nitrogen and oxygen atoms in total. The van der Waals surface area contributed by atoms with Gasteiger partial charge in [0.2, 0.25) is 5.91 Å². The molecule has 1 aliphatic carbocycles. The Morgan fingerprint density at radius 1 is 1.38 bits per heavy atom. The molecule has 6 N–H and O–H groups in total. The molecule has 1 heterocycles. The zero-order valence-electron chi connectivity index (χ0n) is 17.1. The van der Waals surface area contributed by atoms with E-state index in [1.54, 1.807) is 13.2 Å². The van der Waals surface area contributed by atoms with Gasteiger partial charge < -0.3 is 30.9 Å². The van der Waals surface area contributed by atoms with Gasteiger partial charge in [-0.05, 0) is 25.3 Å². The van der Waals surface area contributed by atoms with Gasteiger partial charge >= 0.3 is 5.97 Å². The second-order valence-electron chi connectivity index (χ2n) is 7.65. The molecule has 0 spiro atoms. The smallest absolute Gasteiger partial charge is 0.331 e. The van der Waals surface area contributed by atoms with Crippen LogP contribution in [0, 0.1) is 11.3 Å². The average Bonchev–Trinajstić information content (AvgIpc) is 2.65. The minimum absolute atomic E-state index is 0.174. The Hall–Kier alpha value is -2.17. The van der Waals surface area contributed by atoms with Gasteiger partial charge in [-0.1, -0.05) is 6.08 Å². The van der Waals surface area contributed by atoms with Gasteiger partial charge in [0.05, 0.1) is 37.9 Å². The SMILES string of the molecule is COCCOC[C@@H]1CCCN([C@@H]2C=C(C(=O)O)C[C@H](NC(=N)N)[C@H]2NC(C)=O)C1. The third kappa shape index (κ3) is 6.98. The fourth-order valence-electron chi connectivity index (χ4n) is 4.13. The van der Waals surface area contributed by atoms with E-state index < -0.39 is 18.1 Å². The fourth-order valence-corrected chi connectivity index (χ4v) is 4.13. The van der Waals surface area contributed by atoms with E-state index in [-0.39, 0.29) is 29.9 Å². The highest BCUT2D eigenvalue weighted by Gasteiger charge is 2.40. The summed E-state index contributed by atoms with van der Waals surface area (Å²) < 4.78 is 10.7. The predicted octanol–water partition coefficient (Wildman–Crippen LogP) is -0.499. The largest absolute Gasteiger partial charge is 0.478 e. The Balaban J connectivity index is 2.19. The van der Waals surface area contributed by atoms with Crippen LogP contribution in [-0.2, 0) is 19.1 Å². The Bertz CT molecular complexity index is 626. The van der Waals surface area contributed by atoms with Crippen molar-refractivity contribution < 1.29 is 24.2 Å². The van der Waals surface area contributed by atoms with Crippen molar-refractivity contribution in [1.29, 1.82) is 5.41 Å². The van der Waals surface area contributed by atoms with Gasteiger partial charge in [-0.3, -0.25) is 15.1 Å². The standard InChI is InChI=1S/C19H33N5O5/c1-12(25)22-17-15(23-19(20)21)8-14(18(26)27)9-16(17)24-5-3-4-13(10-24)11-29-7-6-28-2/h9,13,15-17H,3-8,10-11H2,1-2H3,(H,22,25)(H,26,27)(H4,20,21,23)/t13-,15+,16-,17-/m1/s1. The maximum absolute atomic E-state index is 11.8. The highest BCUT2D eigenvalue weighted by Crippen LogP contribution is 2.28. The lowest BCUT2D eigenvalue weighted by Gasteiger charge is -2.45. The molecule has 2 aliphatic rings. The fraction of sp³-hybridized carbons (Fsp3) is 0.737. The number of aliphatic carboxylic acids is 1. The number of nitrogens with two attached hydrogens (primary N) is 1. The summed E-state index contributed by atoms with van der Waals surface area (Å²) in [6.45, 7) is 4.67. The summed E-state index contributed by atoms with van der Waals surface area (Å²) in [6.07, 6.45) is 3.90. The minimum Gasteiger partial charge on any atom is -0.478 e. The molecule has 0 radical (unpaired) electrons. The van der Waals surface area contributed by atoms with Crippen LogP contribution >= 0.6 is 0 Å². The number of carbonyl (C=O) groups excluding carboxylic acids is 1. The van der Waals surface area contributed by atoms with Crippen molar-refractivity contribution in [1.82, 2.24) is 15.5 Å². The monoisotopic (exact) mass is 411 g/mol. The quantitative estimate of drug-likeness (QED) is 0.194. The van der Waals surface area contributed by atoms with Crippen LogP contribution in [-0.4, -0.2) is 86.0 Å². The van der Waals surface area contributed by atoms with Crippen LogP contribution in [0.2, 0.25) is 0 Å². The molecule has 0 aromatic heterocycles. The van der Waals surface area contributed by atoms with E-state index >= 15 is 0 Å². The van der Waals surface area contributed by atoms with E-state index in [1.165, 1.54) is 6.92 Å². The van der Waals surface area contributed by atoms with Crippen LogP contribution < -0.4 is 16.4 Å². The van der Waals surface area contributed by atoms with E-state index in [2.05, 4.69) is 15.5 Å². The number of carboxylic acids is 1. The Morgan fingerprint density at radius 3 is 2.76 bits per heavy atom. The number of carboxylic acid groups (broad SMARTS) is 1. The molecule has 1 aliphatic heterocycles. The van der Waals surface area contributed by atoms with Crippen molar-refractivity contribution in [2.45, 2.75) is 44.3 Å². The molecular formula is C19H33N5O5. The number of carbonyl (C=O) groups is 2. The topological polar surface area (TPSA) is 150 Å². The third-order valence-electron chi connectivity index (χ3n) is 5.36. The maximum Gasteiger partial charge on any atom is 0.331 e. The summed E-state index contributed by atoms with van der Waals surface area (Å²) in [5.41, 5.74) is 5.77. The van der Waals surface area contributed by atoms with Crippen LogP contribution in [0.25, 0.3) is 0 Å². The van der Waals surface area contributed by atoms with Crippen molar-refractivity contribution in [3.05, 3.63) is 11.6 Å². The lowest BCUT2D eigenvalue weighted by atomic mass is 9.84. The highest BCUT2D eigenvalue weighted by atomic mass is 16.5. The first-order valence-electron chi connectivity index (χ1n) is 9.94. The number of guanidine groups is 1. The summed E-state index contributed by atoms with van der Waals surface area (Å²) >= 11 is 0. The number of hydrogen-bond acceptors (Lipinski definition) is 6. The van der Waals surface area contributed by atoms with Crippen molar-refractivity contribution in [2.24, 2.45) is 11.7 Å². The Kier molecular flexibility index (Phi) is 8.87. The highest BCUT2D eigenvalue weighted by molar-refractivity contribution is 5.87. The average molecular weight is 412 g/mol. The zero-order valence-corrected chi connectivity index (χ0v) is 17.1. The normalized spacial score (nSPS) is 27.7. The summed E-state index contributed by atoms with van der Waals surface area (Å²) in [7, 11) is 1.63. The van der Waals surface area contributed by atoms with Gasteiger partial charge in [0.15, 0.2) is 5.96 Å². The van der Waals surface area contributed by atoms with E-state index in [0.717, 1.165) is 25.9 Å². The molecule has 0 aromatic rings. The third-order valence-corrected chi connectivity index (χ3v) is 5.36. The van der Waals surface area contributed by atoms with Crippen molar-refractivity contribution in [2.75, 3.05) is 40.0 Å². The molecule has 1 amide bonds. The molecule has 10 heteroatoms. The lowest BCUT2D eigenvalue weighted by molar-refractivity contribution is -0.133. The molecule has 29 heavy (non-hydrogen) atoms. The number of piperidine rings is 1. The Labute approximate surface area is 171 Å². The number of rotatable bonds is 9. The lowest BCUT2D eigenvalue weighted by Crippen LogP contribution is -2.64. The number of likely N-dealkylation sites (tertiary alicyclic amines) is 1. The predicted molar refractivity (Wildman–Crippen MR) is 108 cm³/mol. The van der Waals surface area contributed by atoms with E-state index in [0.29, 0.717) is 25.7 Å². The second-order valence-corrected chi connectivity index (χ2v) is 7.65. The molecule has 4 atom stereocenters. The van der Waals surface area contributed by atoms with Crippen LogP contribution in [0.4, 0.5) is 0 Å². The van der Waals surface area contributed by atoms with Crippen molar-refractivity contribution >= 4 is 17.8 Å². The molecule has 164 valence electrons.